The standard InChI is InChI=1S/C62H68F6N6O8/c1-4-34-81-57(75)53-42(2)73(50-21-17-19-48(38-50)61(63,64)65)59(77)71(55(53)46-28-24-44(40-69)25-29-46)32-14-11-9-7-5-6-8-10-12-15-33-72-56(47-30-26-45(41-70)27-31-47)54(58(76)82-37-36-80-52-23-13-16-35-79-52)43(3)74(60(72)78)51-22-18-20-49(39-51)62(66,67)68/h17-22,24-31,38-39,52,55-56H,4-16,23,32-37H2,1-3H3. The maximum absolute atomic E-state index is 14.7. The molecule has 0 aliphatic carbocycles. The van der Waals surface area contributed by atoms with Crippen LogP contribution < -0.4 is 9.80 Å². The van der Waals surface area contributed by atoms with Gasteiger partial charge < -0.3 is 28.7 Å². The normalized spacial score (nSPS) is 18.0. The molecule has 7 rings (SSSR count). The predicted octanol–water partition coefficient (Wildman–Crippen LogP) is 14.6. The minimum absolute atomic E-state index is 0.0301. The number of anilines is 2. The first-order valence-corrected chi connectivity index (χ1v) is 27.9. The summed E-state index contributed by atoms with van der Waals surface area (Å²) in [6, 6.07) is 22.6. The first-order chi connectivity index (χ1) is 39.4. The van der Waals surface area contributed by atoms with E-state index in [1.807, 2.05) is 6.92 Å². The summed E-state index contributed by atoms with van der Waals surface area (Å²) < 4.78 is 107. The molecule has 0 spiro atoms. The monoisotopic (exact) mass is 1140 g/mol. The average molecular weight is 1140 g/mol. The molecule has 3 atom stereocenters. The van der Waals surface area contributed by atoms with E-state index < -0.39 is 65.9 Å². The highest BCUT2D eigenvalue weighted by Gasteiger charge is 2.45. The van der Waals surface area contributed by atoms with E-state index in [1.165, 1.54) is 47.9 Å². The largest absolute Gasteiger partial charge is 0.462 e. The number of alkyl halides is 6. The van der Waals surface area contributed by atoms with Gasteiger partial charge in [0.1, 0.15) is 6.61 Å². The Balaban J connectivity index is 0.986. The molecule has 3 heterocycles. The van der Waals surface area contributed by atoms with E-state index in [1.54, 1.807) is 48.5 Å². The van der Waals surface area contributed by atoms with Crippen molar-refractivity contribution in [2.45, 2.75) is 141 Å². The molecule has 4 aromatic carbocycles. The van der Waals surface area contributed by atoms with Crippen molar-refractivity contribution in [2.75, 3.05) is 49.3 Å². The third kappa shape index (κ3) is 15.4. The minimum atomic E-state index is -4.71. The molecule has 3 aliphatic rings. The number of rotatable bonds is 25. The SMILES string of the molecule is CCCOC(=O)C1=C(C)N(c2cccc(C(F)(F)F)c2)C(=O)N(CCCCCCCCCCCCN2C(=O)N(c3cccc(C(F)(F)F)c3)C(C)=C(C(=O)OCCOC3CCCCO3)C2c2ccc(C#N)cc2)C1c1ccc(C#N)cc1. The topological polar surface area (TPSA) is 166 Å². The zero-order valence-corrected chi connectivity index (χ0v) is 46.3. The van der Waals surface area contributed by atoms with Gasteiger partial charge >= 0.3 is 36.4 Å². The summed E-state index contributed by atoms with van der Waals surface area (Å²) >= 11 is 0. The van der Waals surface area contributed by atoms with Crippen LogP contribution in [0.15, 0.2) is 120 Å². The van der Waals surface area contributed by atoms with Crippen molar-refractivity contribution in [2.24, 2.45) is 0 Å². The predicted molar refractivity (Wildman–Crippen MR) is 293 cm³/mol. The fourth-order valence-corrected chi connectivity index (χ4v) is 10.6. The van der Waals surface area contributed by atoms with E-state index in [0.29, 0.717) is 67.4 Å². The molecule has 20 heteroatoms. The van der Waals surface area contributed by atoms with Crippen molar-refractivity contribution in [3.05, 3.63) is 153 Å². The Hall–Kier alpha value is -7.68. The first kappa shape index (κ1) is 61.9. The Kier molecular flexibility index (Phi) is 21.8. The second kappa shape index (κ2) is 28.8. The summed E-state index contributed by atoms with van der Waals surface area (Å²) in [5, 5.41) is 19.1. The molecule has 0 saturated carbocycles. The highest BCUT2D eigenvalue weighted by molar-refractivity contribution is 6.04. The number of halogens is 6. The van der Waals surface area contributed by atoms with Gasteiger partial charge in [0.25, 0.3) is 0 Å². The van der Waals surface area contributed by atoms with Crippen LogP contribution in [0, 0.1) is 22.7 Å². The van der Waals surface area contributed by atoms with Gasteiger partial charge in [-0.15, -0.1) is 0 Å². The zero-order valence-electron chi connectivity index (χ0n) is 46.3. The number of benzene rings is 4. The fourth-order valence-electron chi connectivity index (χ4n) is 10.6. The highest BCUT2D eigenvalue weighted by atomic mass is 19.4. The Bertz CT molecular complexity index is 3020. The molecule has 0 bridgehead atoms. The number of esters is 2. The molecule has 14 nitrogen and oxygen atoms in total. The molecule has 436 valence electrons. The Labute approximate surface area is 474 Å². The summed E-state index contributed by atoms with van der Waals surface area (Å²) in [6.45, 7) is 5.64. The quantitative estimate of drug-likeness (QED) is 0.0354. The number of ether oxygens (including phenoxy) is 4. The summed E-state index contributed by atoms with van der Waals surface area (Å²) in [6.07, 6.45) is 0.682. The van der Waals surface area contributed by atoms with E-state index >= 15 is 0 Å². The van der Waals surface area contributed by atoms with Crippen LogP contribution in [-0.4, -0.2) is 79.6 Å². The van der Waals surface area contributed by atoms with Crippen LogP contribution in [0.2, 0.25) is 0 Å². The maximum Gasteiger partial charge on any atom is 0.416 e. The summed E-state index contributed by atoms with van der Waals surface area (Å²) in [5.41, 5.74) is 0.0396. The molecule has 0 N–H and O–H groups in total. The van der Waals surface area contributed by atoms with Crippen molar-refractivity contribution >= 4 is 35.4 Å². The number of nitrogens with zero attached hydrogens (tertiary/aromatic N) is 6. The lowest BCUT2D eigenvalue weighted by Crippen LogP contribution is -2.51. The molecule has 0 radical (unpaired) electrons. The maximum atomic E-state index is 14.7. The van der Waals surface area contributed by atoms with Crippen LogP contribution >= 0.6 is 0 Å². The third-order valence-corrected chi connectivity index (χ3v) is 14.8. The van der Waals surface area contributed by atoms with Crippen molar-refractivity contribution in [1.82, 2.24) is 9.80 Å². The molecule has 1 saturated heterocycles. The molecule has 4 amide bonds. The van der Waals surface area contributed by atoms with Crippen molar-refractivity contribution in [1.29, 1.82) is 10.5 Å². The lowest BCUT2D eigenvalue weighted by atomic mass is 9.91. The summed E-state index contributed by atoms with van der Waals surface area (Å²) in [5.74, 6) is -1.49. The Morgan fingerprint density at radius 3 is 1.38 bits per heavy atom. The zero-order chi connectivity index (χ0) is 59.0. The van der Waals surface area contributed by atoms with E-state index in [0.717, 1.165) is 85.4 Å². The minimum Gasteiger partial charge on any atom is -0.462 e. The Morgan fingerprint density at radius 2 is 1.00 bits per heavy atom. The molecule has 4 aromatic rings. The lowest BCUT2D eigenvalue weighted by molar-refractivity contribution is -0.172. The summed E-state index contributed by atoms with van der Waals surface area (Å²) in [4.78, 5) is 62.8. The van der Waals surface area contributed by atoms with Crippen LogP contribution in [0.4, 0.5) is 47.3 Å². The van der Waals surface area contributed by atoms with Crippen molar-refractivity contribution in [3.63, 3.8) is 0 Å². The van der Waals surface area contributed by atoms with Gasteiger partial charge in [-0.1, -0.05) is 94.7 Å². The summed E-state index contributed by atoms with van der Waals surface area (Å²) in [7, 11) is 0. The molecule has 0 aromatic heterocycles. The van der Waals surface area contributed by atoms with Crippen molar-refractivity contribution in [3.8, 4) is 12.1 Å². The van der Waals surface area contributed by atoms with Gasteiger partial charge in [-0.2, -0.15) is 36.9 Å². The number of urea groups is 2. The number of hydrogen-bond acceptors (Lipinski definition) is 10. The smallest absolute Gasteiger partial charge is 0.416 e. The number of nitriles is 2. The Morgan fingerprint density at radius 1 is 0.585 bits per heavy atom. The molecule has 3 unspecified atom stereocenters. The number of amides is 4. The van der Waals surface area contributed by atoms with E-state index in [-0.39, 0.29) is 66.8 Å². The van der Waals surface area contributed by atoms with Gasteiger partial charge in [-0.3, -0.25) is 9.80 Å². The van der Waals surface area contributed by atoms with Gasteiger partial charge in [0.2, 0.25) is 0 Å². The third-order valence-electron chi connectivity index (χ3n) is 14.8. The second-order valence-electron chi connectivity index (χ2n) is 20.5. The second-order valence-corrected chi connectivity index (χ2v) is 20.5. The molecule has 82 heavy (non-hydrogen) atoms. The number of carbonyl (C=O) groups is 4. The molecule has 1 fully saturated rings. The number of unbranched alkanes of at least 4 members (excludes halogenated alkanes) is 9. The van der Waals surface area contributed by atoms with Crippen molar-refractivity contribution < 1.29 is 64.5 Å². The van der Waals surface area contributed by atoms with Crippen LogP contribution in [0.1, 0.15) is 156 Å². The van der Waals surface area contributed by atoms with Crippen LogP contribution in [-0.2, 0) is 40.9 Å². The van der Waals surface area contributed by atoms with Gasteiger partial charge in [-0.05, 0) is 124 Å². The van der Waals surface area contributed by atoms with E-state index in [9.17, 15) is 56.0 Å². The van der Waals surface area contributed by atoms with Gasteiger partial charge in [-0.25, -0.2) is 19.2 Å². The van der Waals surface area contributed by atoms with Crippen LogP contribution in [0.5, 0.6) is 0 Å². The molecular weight excluding hydrogens is 1070 g/mol. The lowest BCUT2D eigenvalue weighted by Gasteiger charge is -2.43. The van der Waals surface area contributed by atoms with Gasteiger partial charge in [0.15, 0.2) is 6.29 Å². The highest BCUT2D eigenvalue weighted by Crippen LogP contribution is 2.44. The molecular formula is C62H68F6N6O8. The van der Waals surface area contributed by atoms with Crippen LogP contribution in [0.3, 0.4) is 0 Å². The van der Waals surface area contributed by atoms with E-state index in [4.69, 9.17) is 18.9 Å². The number of hydrogen-bond donors (Lipinski definition) is 0. The fraction of sp³-hybridized carbons (Fsp3) is 0.452. The van der Waals surface area contributed by atoms with Crippen LogP contribution in [0.25, 0.3) is 0 Å². The first-order valence-electron chi connectivity index (χ1n) is 27.9. The van der Waals surface area contributed by atoms with Gasteiger partial charge in [0.05, 0.1) is 82.2 Å². The van der Waals surface area contributed by atoms with E-state index in [2.05, 4.69) is 12.1 Å². The average Bonchev–Trinajstić information content (AvgIpc) is 3.58. The number of allylic oxidation sites excluding steroid dienone is 2. The number of carbonyl (C=O) groups excluding carboxylic acids is 4. The van der Waals surface area contributed by atoms with Gasteiger partial charge in [0, 0.05) is 31.1 Å². The molecule has 3 aliphatic heterocycles.